The summed E-state index contributed by atoms with van der Waals surface area (Å²) in [5, 5.41) is 1.95. The number of rotatable bonds is 5. The monoisotopic (exact) mass is 324 g/mol. The van der Waals surface area contributed by atoms with Gasteiger partial charge in [0.25, 0.3) is 0 Å². The van der Waals surface area contributed by atoms with E-state index in [0.717, 1.165) is 16.0 Å². The number of hydrogen-bond donors (Lipinski definition) is 1. The zero-order valence-electron chi connectivity index (χ0n) is 12.5. The third-order valence-electron chi connectivity index (χ3n) is 3.57. The smallest absolute Gasteiger partial charge is 0.245 e. The average Bonchev–Trinajstić information content (AvgIpc) is 2.93. The molecule has 0 spiro atoms. The Morgan fingerprint density at radius 3 is 2.52 bits per heavy atom. The predicted molar refractivity (Wildman–Crippen MR) is 87.9 cm³/mol. The normalized spacial score (nSPS) is 12.0. The highest BCUT2D eigenvalue weighted by Crippen LogP contribution is 2.29. The lowest BCUT2D eigenvalue weighted by molar-refractivity contribution is 0.426. The molecular formula is C15H20N2O2S2. The molecule has 114 valence electrons. The number of sulfonamides is 1. The maximum Gasteiger partial charge on any atom is 0.245 e. The number of nitrogens with two attached hydrogens (primary N) is 1. The topological polar surface area (TPSA) is 63.4 Å². The Morgan fingerprint density at radius 1 is 1.24 bits per heavy atom. The fourth-order valence-electron chi connectivity index (χ4n) is 2.23. The van der Waals surface area contributed by atoms with Crippen molar-refractivity contribution in [2.75, 3.05) is 12.3 Å². The molecule has 0 radical (unpaired) electrons. The summed E-state index contributed by atoms with van der Waals surface area (Å²) in [7, 11) is -3.60. The first-order valence-electron chi connectivity index (χ1n) is 6.76. The van der Waals surface area contributed by atoms with E-state index in [0.29, 0.717) is 18.8 Å². The molecule has 0 saturated heterocycles. The summed E-state index contributed by atoms with van der Waals surface area (Å²) in [5.41, 5.74) is 7.89. The molecular weight excluding hydrogens is 304 g/mol. The van der Waals surface area contributed by atoms with Crippen LogP contribution in [0.5, 0.6) is 0 Å². The SMILES string of the molecule is CCN(Cc1cccs1)S(=O)(=O)c1c(N)ccc(C)c1C. The second-order valence-corrected chi connectivity index (χ2v) is 7.84. The van der Waals surface area contributed by atoms with Crippen LogP contribution in [0.2, 0.25) is 0 Å². The van der Waals surface area contributed by atoms with Crippen molar-refractivity contribution >= 4 is 27.0 Å². The van der Waals surface area contributed by atoms with E-state index in [2.05, 4.69) is 0 Å². The van der Waals surface area contributed by atoms with E-state index < -0.39 is 10.0 Å². The van der Waals surface area contributed by atoms with Gasteiger partial charge in [0, 0.05) is 18.0 Å². The standard InChI is InChI=1S/C15H20N2O2S2/c1-4-17(10-13-6-5-9-20-13)21(18,19)15-12(3)11(2)7-8-14(15)16/h5-9H,4,10,16H2,1-3H3. The zero-order chi connectivity index (χ0) is 15.6. The Labute approximate surface area is 130 Å². The second kappa shape index (κ2) is 6.17. The molecule has 2 aromatic rings. The molecule has 6 heteroatoms. The van der Waals surface area contributed by atoms with Gasteiger partial charge in [-0.25, -0.2) is 8.42 Å². The van der Waals surface area contributed by atoms with Gasteiger partial charge in [-0.05, 0) is 42.5 Å². The maximum absolute atomic E-state index is 12.9. The second-order valence-electron chi connectivity index (χ2n) is 4.94. The van der Waals surface area contributed by atoms with Crippen LogP contribution in [0, 0.1) is 13.8 Å². The Morgan fingerprint density at radius 2 is 1.95 bits per heavy atom. The Bertz CT molecular complexity index is 722. The number of thiophene rings is 1. The molecule has 1 heterocycles. The zero-order valence-corrected chi connectivity index (χ0v) is 14.1. The summed E-state index contributed by atoms with van der Waals surface area (Å²) in [5.74, 6) is 0. The van der Waals surface area contributed by atoms with Crippen LogP contribution in [0.3, 0.4) is 0 Å². The number of benzene rings is 1. The molecule has 1 aromatic heterocycles. The maximum atomic E-state index is 12.9. The van der Waals surface area contributed by atoms with Gasteiger partial charge in [0.05, 0.1) is 5.69 Å². The minimum atomic E-state index is -3.60. The van der Waals surface area contributed by atoms with Crippen molar-refractivity contribution in [1.82, 2.24) is 4.31 Å². The van der Waals surface area contributed by atoms with Gasteiger partial charge in [-0.15, -0.1) is 11.3 Å². The van der Waals surface area contributed by atoms with E-state index in [1.165, 1.54) is 4.31 Å². The average molecular weight is 324 g/mol. The number of nitrogens with zero attached hydrogens (tertiary/aromatic N) is 1. The largest absolute Gasteiger partial charge is 0.398 e. The first-order valence-corrected chi connectivity index (χ1v) is 9.08. The van der Waals surface area contributed by atoms with Crippen molar-refractivity contribution in [2.45, 2.75) is 32.2 Å². The highest BCUT2D eigenvalue weighted by atomic mass is 32.2. The molecule has 0 aliphatic carbocycles. The predicted octanol–water partition coefficient (Wildman–Crippen LogP) is 3.16. The summed E-state index contributed by atoms with van der Waals surface area (Å²) < 4.78 is 27.3. The highest BCUT2D eigenvalue weighted by Gasteiger charge is 2.28. The minimum Gasteiger partial charge on any atom is -0.398 e. The first-order chi connectivity index (χ1) is 9.87. The van der Waals surface area contributed by atoms with Gasteiger partial charge in [-0.2, -0.15) is 4.31 Å². The number of hydrogen-bond acceptors (Lipinski definition) is 4. The van der Waals surface area contributed by atoms with Crippen molar-refractivity contribution in [3.63, 3.8) is 0 Å². The summed E-state index contributed by atoms with van der Waals surface area (Å²) in [6.07, 6.45) is 0. The molecule has 0 aliphatic heterocycles. The quantitative estimate of drug-likeness (QED) is 0.859. The molecule has 1 aromatic carbocycles. The van der Waals surface area contributed by atoms with Crippen molar-refractivity contribution < 1.29 is 8.42 Å². The molecule has 0 saturated carbocycles. The fourth-order valence-corrected chi connectivity index (χ4v) is 4.85. The molecule has 0 amide bonds. The third kappa shape index (κ3) is 3.12. The molecule has 2 rings (SSSR count). The summed E-state index contributed by atoms with van der Waals surface area (Å²) >= 11 is 1.55. The van der Waals surface area contributed by atoms with Gasteiger partial charge in [0.2, 0.25) is 10.0 Å². The Hall–Kier alpha value is -1.37. The van der Waals surface area contributed by atoms with Gasteiger partial charge in [-0.1, -0.05) is 19.1 Å². The van der Waals surface area contributed by atoms with Crippen LogP contribution in [-0.4, -0.2) is 19.3 Å². The van der Waals surface area contributed by atoms with Crippen LogP contribution in [0.1, 0.15) is 22.9 Å². The van der Waals surface area contributed by atoms with Crippen LogP contribution in [0.4, 0.5) is 5.69 Å². The van der Waals surface area contributed by atoms with E-state index in [-0.39, 0.29) is 4.90 Å². The third-order valence-corrected chi connectivity index (χ3v) is 6.56. The molecule has 0 aliphatic rings. The lowest BCUT2D eigenvalue weighted by Crippen LogP contribution is -2.31. The van der Waals surface area contributed by atoms with E-state index in [1.807, 2.05) is 37.4 Å². The number of anilines is 1. The molecule has 2 N–H and O–H groups in total. The van der Waals surface area contributed by atoms with Crippen molar-refractivity contribution in [3.8, 4) is 0 Å². The van der Waals surface area contributed by atoms with E-state index in [4.69, 9.17) is 5.73 Å². The number of nitrogen functional groups attached to an aromatic ring is 1. The molecule has 0 fully saturated rings. The van der Waals surface area contributed by atoms with Gasteiger partial charge in [0.1, 0.15) is 4.90 Å². The van der Waals surface area contributed by atoms with E-state index in [9.17, 15) is 8.42 Å². The van der Waals surface area contributed by atoms with E-state index in [1.54, 1.807) is 24.3 Å². The van der Waals surface area contributed by atoms with Gasteiger partial charge >= 0.3 is 0 Å². The lowest BCUT2D eigenvalue weighted by atomic mass is 10.1. The van der Waals surface area contributed by atoms with Crippen LogP contribution in [0.25, 0.3) is 0 Å². The van der Waals surface area contributed by atoms with Crippen LogP contribution < -0.4 is 5.73 Å². The van der Waals surface area contributed by atoms with Crippen molar-refractivity contribution in [3.05, 3.63) is 45.6 Å². The molecule has 0 bridgehead atoms. The lowest BCUT2D eigenvalue weighted by Gasteiger charge is -2.22. The van der Waals surface area contributed by atoms with Crippen LogP contribution >= 0.6 is 11.3 Å². The van der Waals surface area contributed by atoms with Gasteiger partial charge in [-0.3, -0.25) is 0 Å². The molecule has 0 unspecified atom stereocenters. The fraction of sp³-hybridized carbons (Fsp3) is 0.333. The van der Waals surface area contributed by atoms with Crippen molar-refractivity contribution in [1.29, 1.82) is 0 Å². The first kappa shape index (κ1) is 16.0. The molecule has 21 heavy (non-hydrogen) atoms. The van der Waals surface area contributed by atoms with Crippen molar-refractivity contribution in [2.24, 2.45) is 0 Å². The Balaban J connectivity index is 2.47. The summed E-state index contributed by atoms with van der Waals surface area (Å²) in [6, 6.07) is 7.37. The highest BCUT2D eigenvalue weighted by molar-refractivity contribution is 7.89. The summed E-state index contributed by atoms with van der Waals surface area (Å²) in [6.45, 7) is 6.32. The molecule has 0 atom stereocenters. The Kier molecular flexibility index (Phi) is 4.70. The summed E-state index contributed by atoms with van der Waals surface area (Å²) in [4.78, 5) is 1.25. The van der Waals surface area contributed by atoms with Crippen LogP contribution in [-0.2, 0) is 16.6 Å². The van der Waals surface area contributed by atoms with Crippen LogP contribution in [0.15, 0.2) is 34.5 Å². The van der Waals surface area contributed by atoms with Gasteiger partial charge in [0.15, 0.2) is 0 Å². The number of aryl methyl sites for hydroxylation is 1. The van der Waals surface area contributed by atoms with Gasteiger partial charge < -0.3 is 5.73 Å². The van der Waals surface area contributed by atoms with E-state index >= 15 is 0 Å². The minimum absolute atomic E-state index is 0.237. The molecule has 4 nitrogen and oxygen atoms in total.